The lowest BCUT2D eigenvalue weighted by atomic mass is 9.99. The summed E-state index contributed by atoms with van der Waals surface area (Å²) in [6.45, 7) is 4.36. The van der Waals surface area contributed by atoms with E-state index < -0.39 is 0 Å². The van der Waals surface area contributed by atoms with E-state index in [0.717, 1.165) is 24.2 Å². The Hall–Kier alpha value is -2.36. The van der Waals surface area contributed by atoms with E-state index in [1.165, 1.54) is 24.9 Å². The van der Waals surface area contributed by atoms with Crippen LogP contribution in [0.5, 0.6) is 0 Å². The van der Waals surface area contributed by atoms with Gasteiger partial charge in [-0.15, -0.1) is 0 Å². The van der Waals surface area contributed by atoms with Crippen LogP contribution in [-0.2, 0) is 4.74 Å². The Bertz CT molecular complexity index is 664. The van der Waals surface area contributed by atoms with Crippen molar-refractivity contribution in [2.75, 3.05) is 24.6 Å². The second-order valence-corrected chi connectivity index (χ2v) is 5.73. The molecule has 0 atom stereocenters. The van der Waals surface area contributed by atoms with E-state index in [2.05, 4.69) is 16.0 Å². The van der Waals surface area contributed by atoms with E-state index >= 15 is 0 Å². The lowest BCUT2D eigenvalue weighted by Crippen LogP contribution is -2.29. The van der Waals surface area contributed by atoms with Crippen LogP contribution in [0.15, 0.2) is 42.7 Å². The van der Waals surface area contributed by atoms with E-state index in [0.29, 0.717) is 12.2 Å². The minimum absolute atomic E-state index is 0.274. The average molecular weight is 310 g/mol. The average Bonchev–Trinajstić information content (AvgIpc) is 2.63. The van der Waals surface area contributed by atoms with E-state index in [-0.39, 0.29) is 5.97 Å². The fraction of sp³-hybridized carbons (Fsp3) is 0.368. The summed E-state index contributed by atoms with van der Waals surface area (Å²) in [4.78, 5) is 18.7. The van der Waals surface area contributed by atoms with Crippen molar-refractivity contribution in [1.82, 2.24) is 4.98 Å². The summed E-state index contributed by atoms with van der Waals surface area (Å²) >= 11 is 0. The molecule has 0 N–H and O–H groups in total. The van der Waals surface area contributed by atoms with Crippen LogP contribution in [0.4, 0.5) is 5.69 Å². The van der Waals surface area contributed by atoms with Crippen LogP contribution < -0.4 is 4.90 Å². The second-order valence-electron chi connectivity index (χ2n) is 5.73. The highest BCUT2D eigenvalue weighted by atomic mass is 16.5. The van der Waals surface area contributed by atoms with Crippen LogP contribution in [0.25, 0.3) is 11.1 Å². The van der Waals surface area contributed by atoms with Gasteiger partial charge in [0, 0.05) is 31.2 Å². The predicted octanol–water partition coefficient (Wildman–Crippen LogP) is 3.92. The normalized spacial score (nSPS) is 14.6. The van der Waals surface area contributed by atoms with Crippen LogP contribution >= 0.6 is 0 Å². The number of aromatic nitrogens is 1. The van der Waals surface area contributed by atoms with Gasteiger partial charge in [0.15, 0.2) is 0 Å². The Labute approximate surface area is 137 Å². The molecule has 0 saturated carbocycles. The van der Waals surface area contributed by atoms with Crippen LogP contribution in [0.2, 0.25) is 0 Å². The van der Waals surface area contributed by atoms with E-state index in [4.69, 9.17) is 4.74 Å². The highest BCUT2D eigenvalue weighted by Gasteiger charge is 2.17. The van der Waals surface area contributed by atoms with Gasteiger partial charge >= 0.3 is 5.97 Å². The predicted molar refractivity (Wildman–Crippen MR) is 91.7 cm³/mol. The first-order chi connectivity index (χ1) is 11.3. The zero-order valence-electron chi connectivity index (χ0n) is 13.5. The molecule has 4 heteroatoms. The number of hydrogen-bond donors (Lipinski definition) is 0. The second kappa shape index (κ2) is 7.27. The summed E-state index contributed by atoms with van der Waals surface area (Å²) in [7, 11) is 0. The van der Waals surface area contributed by atoms with Crippen molar-refractivity contribution in [3.05, 3.63) is 48.3 Å². The van der Waals surface area contributed by atoms with Gasteiger partial charge in [-0.3, -0.25) is 4.98 Å². The van der Waals surface area contributed by atoms with Gasteiger partial charge in [-0.05, 0) is 67.6 Å². The first kappa shape index (κ1) is 15.5. The summed E-state index contributed by atoms with van der Waals surface area (Å²) < 4.78 is 5.21. The molecule has 1 aromatic carbocycles. The smallest absolute Gasteiger partial charge is 0.338 e. The standard InChI is InChI=1S/C19H22N2O2/c1-2-23-19(22)17-7-6-16(21-12-4-3-5-13-21)14-18(17)15-8-10-20-11-9-15/h6-11,14H,2-5,12-13H2,1H3. The molecule has 23 heavy (non-hydrogen) atoms. The maximum atomic E-state index is 12.3. The molecule has 120 valence electrons. The number of rotatable bonds is 4. The summed E-state index contributed by atoms with van der Waals surface area (Å²) in [5.74, 6) is -0.274. The Morgan fingerprint density at radius 3 is 2.57 bits per heavy atom. The van der Waals surface area contributed by atoms with Crippen molar-refractivity contribution in [1.29, 1.82) is 0 Å². The monoisotopic (exact) mass is 310 g/mol. The lowest BCUT2D eigenvalue weighted by Gasteiger charge is -2.29. The Morgan fingerprint density at radius 1 is 1.13 bits per heavy atom. The number of carbonyl (C=O) groups is 1. The summed E-state index contributed by atoms with van der Waals surface area (Å²) in [6.07, 6.45) is 7.25. The molecule has 1 aliphatic heterocycles. The summed E-state index contributed by atoms with van der Waals surface area (Å²) in [6, 6.07) is 9.88. The van der Waals surface area contributed by atoms with Crippen molar-refractivity contribution in [3.63, 3.8) is 0 Å². The molecular formula is C19H22N2O2. The maximum Gasteiger partial charge on any atom is 0.338 e. The molecule has 0 radical (unpaired) electrons. The Balaban J connectivity index is 2.01. The van der Waals surface area contributed by atoms with E-state index in [1.807, 2.05) is 31.2 Å². The first-order valence-corrected chi connectivity index (χ1v) is 8.26. The first-order valence-electron chi connectivity index (χ1n) is 8.26. The largest absolute Gasteiger partial charge is 0.462 e. The van der Waals surface area contributed by atoms with Crippen molar-refractivity contribution in [2.45, 2.75) is 26.2 Å². The number of anilines is 1. The number of hydrogen-bond acceptors (Lipinski definition) is 4. The molecule has 1 saturated heterocycles. The van der Waals surface area contributed by atoms with Gasteiger partial charge in [0.25, 0.3) is 0 Å². The zero-order valence-corrected chi connectivity index (χ0v) is 13.5. The number of esters is 1. The molecule has 0 bridgehead atoms. The molecule has 2 aromatic rings. The fourth-order valence-corrected chi connectivity index (χ4v) is 3.04. The highest BCUT2D eigenvalue weighted by molar-refractivity contribution is 5.98. The lowest BCUT2D eigenvalue weighted by molar-refractivity contribution is 0.0527. The molecule has 2 heterocycles. The van der Waals surface area contributed by atoms with Crippen LogP contribution in [0.3, 0.4) is 0 Å². The molecule has 0 aliphatic carbocycles. The molecule has 0 amide bonds. The molecule has 1 fully saturated rings. The number of nitrogens with zero attached hydrogens (tertiary/aromatic N) is 2. The van der Waals surface area contributed by atoms with Crippen LogP contribution in [0.1, 0.15) is 36.5 Å². The third-order valence-electron chi connectivity index (χ3n) is 4.21. The van der Waals surface area contributed by atoms with Crippen LogP contribution in [-0.4, -0.2) is 30.6 Å². The number of pyridine rings is 1. The van der Waals surface area contributed by atoms with Crippen LogP contribution in [0, 0.1) is 0 Å². The molecule has 1 aliphatic rings. The number of piperidine rings is 1. The molecule has 0 unspecified atom stereocenters. The Morgan fingerprint density at radius 2 is 1.87 bits per heavy atom. The SMILES string of the molecule is CCOC(=O)c1ccc(N2CCCCC2)cc1-c1ccncc1. The molecule has 4 nitrogen and oxygen atoms in total. The number of ether oxygens (including phenoxy) is 1. The van der Waals surface area contributed by atoms with Crippen molar-refractivity contribution < 1.29 is 9.53 Å². The van der Waals surface area contributed by atoms with Gasteiger partial charge in [-0.1, -0.05) is 0 Å². The third kappa shape index (κ3) is 3.52. The molecular weight excluding hydrogens is 288 g/mol. The van der Waals surface area contributed by atoms with E-state index in [1.54, 1.807) is 12.4 Å². The van der Waals surface area contributed by atoms with Crippen molar-refractivity contribution in [2.24, 2.45) is 0 Å². The highest BCUT2D eigenvalue weighted by Crippen LogP contribution is 2.30. The number of carbonyl (C=O) groups excluding carboxylic acids is 1. The van der Waals surface area contributed by atoms with Gasteiger partial charge in [-0.2, -0.15) is 0 Å². The minimum atomic E-state index is -0.274. The van der Waals surface area contributed by atoms with E-state index in [9.17, 15) is 4.79 Å². The topological polar surface area (TPSA) is 42.4 Å². The summed E-state index contributed by atoms with van der Waals surface area (Å²) in [5.41, 5.74) is 3.68. The van der Waals surface area contributed by atoms with Gasteiger partial charge < -0.3 is 9.64 Å². The zero-order chi connectivity index (χ0) is 16.1. The quantitative estimate of drug-likeness (QED) is 0.803. The molecule has 0 spiro atoms. The number of benzene rings is 1. The fourth-order valence-electron chi connectivity index (χ4n) is 3.04. The Kier molecular flexibility index (Phi) is 4.91. The van der Waals surface area contributed by atoms with Crippen molar-refractivity contribution >= 4 is 11.7 Å². The van der Waals surface area contributed by atoms with Gasteiger partial charge in [0.1, 0.15) is 0 Å². The molecule has 3 rings (SSSR count). The van der Waals surface area contributed by atoms with Crippen molar-refractivity contribution in [3.8, 4) is 11.1 Å². The molecule has 1 aromatic heterocycles. The van der Waals surface area contributed by atoms with Gasteiger partial charge in [-0.25, -0.2) is 4.79 Å². The summed E-state index contributed by atoms with van der Waals surface area (Å²) in [5, 5.41) is 0. The van der Waals surface area contributed by atoms with Gasteiger partial charge in [0.05, 0.1) is 12.2 Å². The van der Waals surface area contributed by atoms with Gasteiger partial charge in [0.2, 0.25) is 0 Å². The minimum Gasteiger partial charge on any atom is -0.462 e. The maximum absolute atomic E-state index is 12.3. The third-order valence-corrected chi connectivity index (χ3v) is 4.21.